The molecule has 9 nitrogen and oxygen atoms in total. The van der Waals surface area contributed by atoms with Crippen LogP contribution in [0.1, 0.15) is 44.9 Å². The van der Waals surface area contributed by atoms with Crippen molar-refractivity contribution in [3.8, 4) is 0 Å². The highest BCUT2D eigenvalue weighted by atomic mass is 19.1. The van der Waals surface area contributed by atoms with Crippen molar-refractivity contribution in [2.45, 2.75) is 87.5 Å². The van der Waals surface area contributed by atoms with E-state index in [0.717, 1.165) is 77.8 Å². The van der Waals surface area contributed by atoms with Crippen LogP contribution in [0.3, 0.4) is 0 Å². The molecule has 0 aromatic carbocycles. The van der Waals surface area contributed by atoms with Gasteiger partial charge in [-0.3, -0.25) is 9.59 Å². The molecule has 4 aliphatic heterocycles. The van der Waals surface area contributed by atoms with Crippen molar-refractivity contribution in [1.82, 2.24) is 24.9 Å². The second-order valence-corrected chi connectivity index (χ2v) is 12.5. The van der Waals surface area contributed by atoms with Gasteiger partial charge in [-0.25, -0.2) is 4.39 Å². The standard InChI is InChI=1S/C28H45FN6O3/c1-32-11-13-33(14-12-32)9-4-8-31-24-21(29)15-19-25-27(24)38-23-6-3-2-5-22(23)35(25)17-20(26(19)36)28(37)34-10-7-18(30)16-34/h17-19,21-25,27,31H,2-16,30H2,1H3. The number of ether oxygens (including phenoxy) is 1. The van der Waals surface area contributed by atoms with Crippen LogP contribution in [-0.2, 0) is 14.3 Å². The molecule has 1 amide bonds. The molecular formula is C28H45FN6O3. The number of likely N-dealkylation sites (N-methyl/N-ethyl adjacent to an activating group) is 1. The monoisotopic (exact) mass is 532 g/mol. The van der Waals surface area contributed by atoms with Crippen LogP contribution in [0.4, 0.5) is 4.39 Å². The number of nitrogens with one attached hydrogen (secondary N) is 1. The summed E-state index contributed by atoms with van der Waals surface area (Å²) in [5, 5.41) is 3.52. The maximum atomic E-state index is 15.8. The molecule has 2 saturated carbocycles. The number of hydrogen-bond donors (Lipinski definition) is 2. The summed E-state index contributed by atoms with van der Waals surface area (Å²) in [4.78, 5) is 35.9. The minimum Gasteiger partial charge on any atom is -0.369 e. The molecular weight excluding hydrogens is 487 g/mol. The fraction of sp³-hybridized carbons (Fsp3) is 0.857. The number of piperazine rings is 1. The maximum absolute atomic E-state index is 15.8. The second-order valence-electron chi connectivity index (χ2n) is 12.5. The molecule has 0 aromatic heterocycles. The highest BCUT2D eigenvalue weighted by Gasteiger charge is 2.58. The smallest absolute Gasteiger partial charge is 0.259 e. The summed E-state index contributed by atoms with van der Waals surface area (Å²) in [6.07, 6.45) is 6.21. The van der Waals surface area contributed by atoms with Gasteiger partial charge in [0.15, 0.2) is 5.78 Å². The molecule has 0 spiro atoms. The minimum atomic E-state index is -1.19. The van der Waals surface area contributed by atoms with E-state index in [1.165, 1.54) is 0 Å². The number of nitrogens with two attached hydrogens (primary N) is 1. The molecule has 4 heterocycles. The number of nitrogens with zero attached hydrogens (tertiary/aromatic N) is 4. The number of amides is 1. The summed E-state index contributed by atoms with van der Waals surface area (Å²) in [7, 11) is 2.16. The number of alkyl halides is 1. The molecule has 5 fully saturated rings. The lowest BCUT2D eigenvalue weighted by Gasteiger charge is -2.59. The molecule has 8 atom stereocenters. The summed E-state index contributed by atoms with van der Waals surface area (Å²) in [6.45, 7) is 7.13. The maximum Gasteiger partial charge on any atom is 0.259 e. The number of hydrogen-bond acceptors (Lipinski definition) is 8. The molecule has 3 saturated heterocycles. The van der Waals surface area contributed by atoms with Crippen molar-refractivity contribution in [1.29, 1.82) is 0 Å². The van der Waals surface area contributed by atoms with E-state index in [9.17, 15) is 9.59 Å². The third-order valence-corrected chi connectivity index (χ3v) is 9.95. The first-order chi connectivity index (χ1) is 18.4. The van der Waals surface area contributed by atoms with Gasteiger partial charge in [-0.05, 0) is 52.2 Å². The van der Waals surface area contributed by atoms with Crippen molar-refractivity contribution in [3.63, 3.8) is 0 Å². The van der Waals surface area contributed by atoms with Crippen LogP contribution in [-0.4, -0.2) is 133 Å². The quantitative estimate of drug-likeness (QED) is 0.374. The number of carbonyl (C=O) groups is 2. The zero-order valence-corrected chi connectivity index (χ0v) is 22.8. The fourth-order valence-electron chi connectivity index (χ4n) is 7.76. The topological polar surface area (TPSA) is 94.4 Å². The number of carbonyl (C=O) groups excluding carboxylic acids is 2. The lowest BCUT2D eigenvalue weighted by atomic mass is 9.69. The first kappa shape index (κ1) is 26.6. The number of Topliss-reactive ketones (excluding diaryl/α,β-unsaturated/α-hetero) is 1. The van der Waals surface area contributed by atoms with Crippen molar-refractivity contribution >= 4 is 11.7 Å². The van der Waals surface area contributed by atoms with Gasteiger partial charge in [0.2, 0.25) is 0 Å². The Labute approximate surface area is 225 Å². The molecule has 212 valence electrons. The van der Waals surface area contributed by atoms with E-state index in [4.69, 9.17) is 10.5 Å². The number of ketones is 1. The molecule has 0 aromatic rings. The average molecular weight is 533 g/mol. The first-order valence-electron chi connectivity index (χ1n) is 14.9. The summed E-state index contributed by atoms with van der Waals surface area (Å²) in [5.41, 5.74) is 6.27. The predicted molar refractivity (Wildman–Crippen MR) is 142 cm³/mol. The van der Waals surface area contributed by atoms with Gasteiger partial charge in [0, 0.05) is 57.4 Å². The predicted octanol–water partition coefficient (Wildman–Crippen LogP) is 0.347. The van der Waals surface area contributed by atoms with E-state index in [1.54, 1.807) is 4.90 Å². The van der Waals surface area contributed by atoms with Crippen molar-refractivity contribution in [2.24, 2.45) is 11.7 Å². The van der Waals surface area contributed by atoms with Crippen LogP contribution in [0.5, 0.6) is 0 Å². The number of halogens is 1. The van der Waals surface area contributed by atoms with Gasteiger partial charge in [-0.2, -0.15) is 0 Å². The number of rotatable bonds is 6. The molecule has 6 rings (SSSR count). The van der Waals surface area contributed by atoms with Gasteiger partial charge in [0.05, 0.1) is 35.9 Å². The number of fused-ring (bicyclic) bond motifs is 2. The summed E-state index contributed by atoms with van der Waals surface area (Å²) in [6, 6.07) is -0.571. The second kappa shape index (κ2) is 11.1. The van der Waals surface area contributed by atoms with Crippen molar-refractivity contribution < 1.29 is 18.7 Å². The molecule has 38 heavy (non-hydrogen) atoms. The van der Waals surface area contributed by atoms with Crippen LogP contribution in [0.2, 0.25) is 0 Å². The van der Waals surface area contributed by atoms with Crippen LogP contribution < -0.4 is 11.1 Å². The van der Waals surface area contributed by atoms with Gasteiger partial charge in [0.1, 0.15) is 6.17 Å². The van der Waals surface area contributed by atoms with Crippen molar-refractivity contribution in [2.75, 3.05) is 59.4 Å². The van der Waals surface area contributed by atoms with Gasteiger partial charge in [-0.1, -0.05) is 12.8 Å². The third kappa shape index (κ3) is 5.03. The Kier molecular flexibility index (Phi) is 7.79. The molecule has 2 aliphatic carbocycles. The Bertz CT molecular complexity index is 926. The van der Waals surface area contributed by atoms with E-state index < -0.39 is 24.2 Å². The molecule has 3 N–H and O–H groups in total. The van der Waals surface area contributed by atoms with Gasteiger partial charge < -0.3 is 35.4 Å². The SMILES string of the molecule is CN1CCN(CCCNC2C(F)CC3C(=O)C(C(=O)N4CCC(N)C4)=CN4C5CCCCC5OC2C34)CC1. The third-order valence-electron chi connectivity index (χ3n) is 9.95. The Morgan fingerprint density at radius 3 is 2.71 bits per heavy atom. The lowest BCUT2D eigenvalue weighted by molar-refractivity contribution is -0.197. The molecule has 8 unspecified atom stereocenters. The summed E-state index contributed by atoms with van der Waals surface area (Å²) >= 11 is 0. The van der Waals surface area contributed by atoms with E-state index >= 15 is 4.39 Å². The summed E-state index contributed by atoms with van der Waals surface area (Å²) < 4.78 is 22.5. The Morgan fingerprint density at radius 2 is 1.95 bits per heavy atom. The largest absolute Gasteiger partial charge is 0.369 e. The van der Waals surface area contributed by atoms with E-state index in [-0.39, 0.29) is 47.9 Å². The van der Waals surface area contributed by atoms with E-state index in [0.29, 0.717) is 13.1 Å². The lowest BCUT2D eigenvalue weighted by Crippen LogP contribution is -2.72. The molecule has 10 heteroatoms. The van der Waals surface area contributed by atoms with Crippen molar-refractivity contribution in [3.05, 3.63) is 11.8 Å². The zero-order valence-electron chi connectivity index (χ0n) is 22.8. The molecule has 0 bridgehead atoms. The summed E-state index contributed by atoms with van der Waals surface area (Å²) in [5.74, 6) is -1.01. The Morgan fingerprint density at radius 1 is 1.16 bits per heavy atom. The minimum absolute atomic E-state index is 0.00611. The number of morpholine rings is 1. The zero-order chi connectivity index (χ0) is 26.4. The Balaban J connectivity index is 1.19. The van der Waals surface area contributed by atoms with E-state index in [1.807, 2.05) is 6.20 Å². The van der Waals surface area contributed by atoms with Gasteiger partial charge in [0.25, 0.3) is 5.91 Å². The van der Waals surface area contributed by atoms with E-state index in [2.05, 4.69) is 27.1 Å². The van der Waals surface area contributed by atoms with Gasteiger partial charge in [-0.15, -0.1) is 0 Å². The Hall–Kier alpha value is -1.59. The number of likely N-dealkylation sites (tertiary alicyclic amines) is 1. The van der Waals surface area contributed by atoms with Crippen LogP contribution in [0, 0.1) is 5.92 Å². The highest BCUT2D eigenvalue weighted by Crippen LogP contribution is 2.45. The normalized spacial score (nSPS) is 40.1. The fourth-order valence-corrected chi connectivity index (χ4v) is 7.76. The average Bonchev–Trinajstić information content (AvgIpc) is 3.36. The van der Waals surface area contributed by atoms with Gasteiger partial charge >= 0.3 is 0 Å². The van der Waals surface area contributed by atoms with Crippen LogP contribution in [0.15, 0.2) is 11.8 Å². The van der Waals surface area contributed by atoms with Crippen LogP contribution >= 0.6 is 0 Å². The first-order valence-corrected chi connectivity index (χ1v) is 14.9. The molecule has 6 aliphatic rings. The highest BCUT2D eigenvalue weighted by molar-refractivity contribution is 6.20. The van der Waals surface area contributed by atoms with Crippen LogP contribution in [0.25, 0.3) is 0 Å². The molecule has 0 radical (unpaired) electrons.